The van der Waals surface area contributed by atoms with Gasteiger partial charge in [-0.15, -0.1) is 0 Å². The van der Waals surface area contributed by atoms with Gasteiger partial charge < -0.3 is 9.84 Å². The Hall–Kier alpha value is -2.10. The van der Waals surface area contributed by atoms with E-state index >= 15 is 0 Å². The van der Waals surface area contributed by atoms with Gasteiger partial charge in [-0.05, 0) is 49.1 Å². The van der Waals surface area contributed by atoms with Gasteiger partial charge in [-0.1, -0.05) is 13.0 Å². The molecule has 0 saturated carbocycles. The molecule has 1 aliphatic carbocycles. The van der Waals surface area contributed by atoms with E-state index in [-0.39, 0.29) is 11.7 Å². The Morgan fingerprint density at radius 1 is 1.11 bits per heavy atom. The molecule has 0 bridgehead atoms. The van der Waals surface area contributed by atoms with Crippen molar-refractivity contribution in [2.75, 3.05) is 0 Å². The third-order valence-corrected chi connectivity index (χ3v) is 3.19. The van der Waals surface area contributed by atoms with Crippen LogP contribution in [0.25, 0.3) is 0 Å². The molecule has 1 aromatic carbocycles. The molecule has 1 N–H and O–H groups in total. The van der Waals surface area contributed by atoms with Gasteiger partial charge in [0.2, 0.25) is 0 Å². The van der Waals surface area contributed by atoms with Crippen molar-refractivity contribution in [2.45, 2.75) is 25.9 Å². The molecule has 4 nitrogen and oxygen atoms in total. The predicted octanol–water partition coefficient (Wildman–Crippen LogP) is 2.90. The zero-order valence-corrected chi connectivity index (χ0v) is 10.7. The highest BCUT2D eigenvalue weighted by Gasteiger charge is 2.17. The lowest BCUT2D eigenvalue weighted by Crippen LogP contribution is -2.19. The molecule has 0 spiro atoms. The second-order valence-electron chi connectivity index (χ2n) is 4.77. The number of carbonyl (C=O) groups is 2. The molecular formula is C15H16O4. The number of ether oxygens (including phenoxy) is 1. The van der Waals surface area contributed by atoms with Crippen LogP contribution in [0.3, 0.4) is 0 Å². The van der Waals surface area contributed by atoms with E-state index in [0.717, 1.165) is 12.8 Å². The summed E-state index contributed by atoms with van der Waals surface area (Å²) in [6, 6.07) is 5.75. The Bertz CT molecular complexity index is 501. The van der Waals surface area contributed by atoms with E-state index in [1.807, 2.05) is 6.08 Å². The first-order valence-corrected chi connectivity index (χ1v) is 6.29. The quantitative estimate of drug-likeness (QED) is 0.670. The molecule has 0 heterocycles. The van der Waals surface area contributed by atoms with Crippen LogP contribution in [0.2, 0.25) is 0 Å². The van der Waals surface area contributed by atoms with Gasteiger partial charge in [0.25, 0.3) is 0 Å². The fourth-order valence-electron chi connectivity index (χ4n) is 1.99. The van der Waals surface area contributed by atoms with Gasteiger partial charge >= 0.3 is 11.9 Å². The number of carboxylic acids is 1. The highest BCUT2D eigenvalue weighted by atomic mass is 16.5. The predicted molar refractivity (Wildman–Crippen MR) is 70.1 cm³/mol. The van der Waals surface area contributed by atoms with E-state index < -0.39 is 11.9 Å². The summed E-state index contributed by atoms with van der Waals surface area (Å²) in [6.45, 7) is 2.12. The minimum Gasteiger partial charge on any atom is -0.478 e. The van der Waals surface area contributed by atoms with Crippen LogP contribution in [0.1, 0.15) is 40.5 Å². The van der Waals surface area contributed by atoms with E-state index in [4.69, 9.17) is 9.84 Å². The number of carbonyl (C=O) groups excluding carboxylic acids is 1. The molecule has 0 amide bonds. The minimum atomic E-state index is -1.01. The first kappa shape index (κ1) is 13.3. The Kier molecular flexibility index (Phi) is 4.00. The first-order chi connectivity index (χ1) is 9.06. The minimum absolute atomic E-state index is 0.155. The summed E-state index contributed by atoms with van der Waals surface area (Å²) in [4.78, 5) is 22.6. The van der Waals surface area contributed by atoms with Crippen LogP contribution in [0.15, 0.2) is 36.4 Å². The largest absolute Gasteiger partial charge is 0.478 e. The second kappa shape index (κ2) is 5.69. The van der Waals surface area contributed by atoms with Crippen LogP contribution in [0.4, 0.5) is 0 Å². The molecule has 0 saturated heterocycles. The van der Waals surface area contributed by atoms with Crippen molar-refractivity contribution < 1.29 is 19.4 Å². The molecule has 100 valence electrons. The third-order valence-electron chi connectivity index (χ3n) is 3.19. The number of carboxylic acid groups (broad SMARTS) is 1. The van der Waals surface area contributed by atoms with Gasteiger partial charge in [-0.25, -0.2) is 9.59 Å². The van der Waals surface area contributed by atoms with E-state index in [1.165, 1.54) is 24.3 Å². The van der Waals surface area contributed by atoms with Crippen LogP contribution in [0.5, 0.6) is 0 Å². The van der Waals surface area contributed by atoms with Crippen molar-refractivity contribution >= 4 is 11.9 Å². The van der Waals surface area contributed by atoms with Crippen LogP contribution in [-0.4, -0.2) is 23.1 Å². The van der Waals surface area contributed by atoms with E-state index in [2.05, 4.69) is 13.0 Å². The molecule has 1 aliphatic rings. The number of hydrogen-bond acceptors (Lipinski definition) is 3. The monoisotopic (exact) mass is 260 g/mol. The van der Waals surface area contributed by atoms with Crippen LogP contribution >= 0.6 is 0 Å². The van der Waals surface area contributed by atoms with E-state index in [0.29, 0.717) is 11.5 Å². The van der Waals surface area contributed by atoms with Gasteiger partial charge in [0.15, 0.2) is 0 Å². The zero-order valence-electron chi connectivity index (χ0n) is 10.7. The SMILES string of the molecule is CC1C=CC(OC(=O)c2ccc(C(=O)O)cc2)CC1. The summed E-state index contributed by atoms with van der Waals surface area (Å²) in [7, 11) is 0. The van der Waals surface area contributed by atoms with Crippen molar-refractivity contribution in [3.05, 3.63) is 47.5 Å². The Labute approximate surface area is 111 Å². The average molecular weight is 260 g/mol. The molecule has 2 unspecified atom stereocenters. The third kappa shape index (κ3) is 3.44. The molecule has 0 radical (unpaired) electrons. The average Bonchev–Trinajstić information content (AvgIpc) is 2.41. The van der Waals surface area contributed by atoms with Crippen LogP contribution in [0, 0.1) is 5.92 Å². The summed E-state index contributed by atoms with van der Waals surface area (Å²) >= 11 is 0. The normalized spacial score (nSPS) is 21.9. The van der Waals surface area contributed by atoms with Crippen LogP contribution in [-0.2, 0) is 4.74 Å². The number of allylic oxidation sites excluding steroid dienone is 1. The smallest absolute Gasteiger partial charge is 0.338 e. The maximum absolute atomic E-state index is 11.9. The second-order valence-corrected chi connectivity index (χ2v) is 4.77. The highest BCUT2D eigenvalue weighted by molar-refractivity contribution is 5.92. The summed E-state index contributed by atoms with van der Waals surface area (Å²) < 4.78 is 5.35. The number of aromatic carboxylic acids is 1. The lowest BCUT2D eigenvalue weighted by Gasteiger charge is -2.20. The molecule has 0 fully saturated rings. The molecule has 19 heavy (non-hydrogen) atoms. The maximum atomic E-state index is 11.9. The number of hydrogen-bond donors (Lipinski definition) is 1. The maximum Gasteiger partial charge on any atom is 0.338 e. The molecule has 2 atom stereocenters. The van der Waals surface area contributed by atoms with Gasteiger partial charge in [0.1, 0.15) is 6.10 Å². The van der Waals surface area contributed by atoms with Gasteiger partial charge in [-0.2, -0.15) is 0 Å². The number of esters is 1. The number of rotatable bonds is 3. The van der Waals surface area contributed by atoms with E-state index in [1.54, 1.807) is 0 Å². The van der Waals surface area contributed by atoms with Gasteiger partial charge in [0.05, 0.1) is 11.1 Å². The Morgan fingerprint density at radius 2 is 1.74 bits per heavy atom. The van der Waals surface area contributed by atoms with Crippen molar-refractivity contribution in [3.8, 4) is 0 Å². The summed E-state index contributed by atoms with van der Waals surface area (Å²) in [5.41, 5.74) is 0.528. The molecular weight excluding hydrogens is 244 g/mol. The molecule has 0 aromatic heterocycles. The van der Waals surface area contributed by atoms with Gasteiger partial charge in [-0.3, -0.25) is 0 Å². The Morgan fingerprint density at radius 3 is 2.26 bits per heavy atom. The van der Waals surface area contributed by atoms with Crippen molar-refractivity contribution in [2.24, 2.45) is 5.92 Å². The summed E-state index contributed by atoms with van der Waals surface area (Å²) in [6.07, 6.45) is 5.62. The van der Waals surface area contributed by atoms with Crippen LogP contribution < -0.4 is 0 Å². The highest BCUT2D eigenvalue weighted by Crippen LogP contribution is 2.20. The summed E-state index contributed by atoms with van der Waals surface area (Å²) in [5.74, 6) is -0.893. The molecule has 4 heteroatoms. The fraction of sp³-hybridized carbons (Fsp3) is 0.333. The fourth-order valence-corrected chi connectivity index (χ4v) is 1.99. The van der Waals surface area contributed by atoms with Crippen molar-refractivity contribution in [3.63, 3.8) is 0 Å². The van der Waals surface area contributed by atoms with Gasteiger partial charge in [0, 0.05) is 0 Å². The zero-order chi connectivity index (χ0) is 13.8. The molecule has 2 rings (SSSR count). The van der Waals surface area contributed by atoms with Crippen molar-refractivity contribution in [1.29, 1.82) is 0 Å². The number of benzene rings is 1. The summed E-state index contributed by atoms with van der Waals surface area (Å²) in [5, 5.41) is 8.77. The van der Waals surface area contributed by atoms with Crippen molar-refractivity contribution in [1.82, 2.24) is 0 Å². The molecule has 0 aliphatic heterocycles. The molecule has 1 aromatic rings. The lowest BCUT2D eigenvalue weighted by atomic mass is 9.96. The Balaban J connectivity index is 2.00. The first-order valence-electron chi connectivity index (χ1n) is 6.29. The lowest BCUT2D eigenvalue weighted by molar-refractivity contribution is 0.0361. The topological polar surface area (TPSA) is 63.6 Å². The van der Waals surface area contributed by atoms with E-state index in [9.17, 15) is 9.59 Å². The standard InChI is InChI=1S/C15H16O4/c1-10-2-8-13(9-3-10)19-15(18)12-6-4-11(5-7-12)14(16)17/h2,4-8,10,13H,3,9H2,1H3,(H,16,17).